The Hall–Kier alpha value is -1.39. The lowest BCUT2D eigenvalue weighted by Crippen LogP contribution is -2.32. The second-order valence-electron chi connectivity index (χ2n) is 4.79. The summed E-state index contributed by atoms with van der Waals surface area (Å²) in [6.07, 6.45) is 2.57. The van der Waals surface area contributed by atoms with Crippen LogP contribution in [-0.2, 0) is 6.42 Å². The van der Waals surface area contributed by atoms with Crippen LogP contribution in [0.3, 0.4) is 0 Å². The highest BCUT2D eigenvalue weighted by molar-refractivity contribution is 9.10. The Bertz CT molecular complexity index is 571. The molecule has 19 heavy (non-hydrogen) atoms. The Morgan fingerprint density at radius 1 is 1.32 bits per heavy atom. The summed E-state index contributed by atoms with van der Waals surface area (Å²) in [7, 11) is 0. The maximum Gasteiger partial charge on any atom is 0.122 e. The van der Waals surface area contributed by atoms with Crippen molar-refractivity contribution in [1.29, 1.82) is 0 Å². The van der Waals surface area contributed by atoms with Crippen LogP contribution in [0.1, 0.15) is 17.2 Å². The Morgan fingerprint density at radius 3 is 2.95 bits per heavy atom. The molecule has 3 rings (SSSR count). The first-order valence-corrected chi connectivity index (χ1v) is 7.11. The van der Waals surface area contributed by atoms with Gasteiger partial charge in [-0.2, -0.15) is 0 Å². The molecule has 2 unspecified atom stereocenters. The van der Waals surface area contributed by atoms with Crippen molar-refractivity contribution in [2.45, 2.75) is 18.4 Å². The van der Waals surface area contributed by atoms with Crippen LogP contribution in [0.5, 0.6) is 5.75 Å². The largest absolute Gasteiger partial charge is 0.493 e. The lowest BCUT2D eigenvalue weighted by Gasteiger charge is -2.17. The molecular weight excluding hydrogens is 304 g/mol. The predicted octanol–water partition coefficient (Wildman–Crippen LogP) is 2.89. The number of rotatable bonds is 3. The Labute approximate surface area is 120 Å². The number of hydrogen-bond acceptors (Lipinski definition) is 3. The zero-order valence-electron chi connectivity index (χ0n) is 10.4. The maximum atomic E-state index is 6.33. The van der Waals surface area contributed by atoms with E-state index < -0.39 is 0 Å². The highest BCUT2D eigenvalue weighted by Gasteiger charge is 2.29. The molecule has 0 saturated heterocycles. The zero-order chi connectivity index (χ0) is 13.2. The molecule has 1 aromatic carbocycles. The first-order valence-electron chi connectivity index (χ1n) is 6.32. The smallest absolute Gasteiger partial charge is 0.122 e. The Morgan fingerprint density at radius 2 is 2.16 bits per heavy atom. The lowest BCUT2D eigenvalue weighted by molar-refractivity contribution is 0.313. The number of benzene rings is 1. The number of aromatic nitrogens is 1. The maximum absolute atomic E-state index is 6.33. The highest BCUT2D eigenvalue weighted by atomic mass is 79.9. The highest BCUT2D eigenvalue weighted by Crippen LogP contribution is 2.35. The van der Waals surface area contributed by atoms with Crippen molar-refractivity contribution < 1.29 is 4.74 Å². The van der Waals surface area contributed by atoms with Gasteiger partial charge >= 0.3 is 0 Å². The number of pyridine rings is 1. The second-order valence-corrected chi connectivity index (χ2v) is 5.71. The summed E-state index contributed by atoms with van der Waals surface area (Å²) < 4.78 is 6.67. The Kier molecular flexibility index (Phi) is 3.53. The molecule has 2 N–H and O–H groups in total. The number of nitrogens with zero attached hydrogens (tertiary/aromatic N) is 1. The van der Waals surface area contributed by atoms with Crippen LogP contribution in [0, 0.1) is 0 Å². The van der Waals surface area contributed by atoms with Gasteiger partial charge in [-0.25, -0.2) is 0 Å². The summed E-state index contributed by atoms with van der Waals surface area (Å²) in [5.41, 5.74) is 8.56. The van der Waals surface area contributed by atoms with E-state index in [1.54, 1.807) is 6.20 Å². The second kappa shape index (κ2) is 5.31. The van der Waals surface area contributed by atoms with Crippen molar-refractivity contribution >= 4 is 15.9 Å². The van der Waals surface area contributed by atoms with E-state index >= 15 is 0 Å². The minimum Gasteiger partial charge on any atom is -0.493 e. The third-order valence-electron chi connectivity index (χ3n) is 3.49. The Balaban J connectivity index is 1.75. The van der Waals surface area contributed by atoms with E-state index in [1.807, 2.05) is 30.3 Å². The molecule has 1 aromatic heterocycles. The van der Waals surface area contributed by atoms with Gasteiger partial charge in [0.1, 0.15) is 5.75 Å². The van der Waals surface area contributed by atoms with Crippen LogP contribution in [0.25, 0.3) is 0 Å². The predicted molar refractivity (Wildman–Crippen MR) is 78.3 cm³/mol. The number of ether oxygens (including phenoxy) is 1. The molecule has 2 heterocycles. The molecule has 1 aliphatic rings. The molecule has 0 spiro atoms. The third-order valence-corrected chi connectivity index (χ3v) is 3.96. The van der Waals surface area contributed by atoms with E-state index in [9.17, 15) is 0 Å². The van der Waals surface area contributed by atoms with Crippen LogP contribution in [0.15, 0.2) is 47.1 Å². The summed E-state index contributed by atoms with van der Waals surface area (Å²) in [4.78, 5) is 4.38. The van der Waals surface area contributed by atoms with Gasteiger partial charge in [-0.3, -0.25) is 4.98 Å². The average Bonchev–Trinajstić information content (AvgIpc) is 2.85. The van der Waals surface area contributed by atoms with Crippen molar-refractivity contribution in [2.75, 3.05) is 6.61 Å². The van der Waals surface area contributed by atoms with E-state index in [0.29, 0.717) is 6.61 Å². The van der Waals surface area contributed by atoms with Crippen molar-refractivity contribution in [3.8, 4) is 5.75 Å². The third kappa shape index (κ3) is 2.65. The fraction of sp³-hybridized carbons (Fsp3) is 0.267. The van der Waals surface area contributed by atoms with Crippen molar-refractivity contribution in [2.24, 2.45) is 5.73 Å². The van der Waals surface area contributed by atoms with Gasteiger partial charge in [0, 0.05) is 40.3 Å². The van der Waals surface area contributed by atoms with Gasteiger partial charge in [-0.05, 0) is 34.1 Å². The summed E-state index contributed by atoms with van der Waals surface area (Å²) in [6.45, 7) is 0.664. The van der Waals surface area contributed by atoms with Gasteiger partial charge in [0.25, 0.3) is 0 Å². The van der Waals surface area contributed by atoms with Crippen LogP contribution in [0.2, 0.25) is 0 Å². The summed E-state index contributed by atoms with van der Waals surface area (Å²) in [6, 6.07) is 12.1. The van der Waals surface area contributed by atoms with Gasteiger partial charge in [-0.1, -0.05) is 18.2 Å². The molecule has 2 atom stereocenters. The summed E-state index contributed by atoms with van der Waals surface area (Å²) >= 11 is 3.39. The van der Waals surface area contributed by atoms with E-state index in [0.717, 1.165) is 22.3 Å². The van der Waals surface area contributed by atoms with E-state index in [-0.39, 0.29) is 12.0 Å². The first-order chi connectivity index (χ1) is 9.24. The molecule has 0 aliphatic carbocycles. The molecule has 0 radical (unpaired) electrons. The summed E-state index contributed by atoms with van der Waals surface area (Å²) in [5.74, 6) is 1.22. The molecule has 0 bridgehead atoms. The fourth-order valence-electron chi connectivity index (χ4n) is 2.45. The molecule has 4 heteroatoms. The number of nitrogens with two attached hydrogens (primary N) is 1. The first kappa shape index (κ1) is 12.6. The monoisotopic (exact) mass is 318 g/mol. The number of halogens is 1. The van der Waals surface area contributed by atoms with Crippen molar-refractivity contribution in [1.82, 2.24) is 4.98 Å². The topological polar surface area (TPSA) is 48.1 Å². The van der Waals surface area contributed by atoms with Gasteiger partial charge in [0.2, 0.25) is 0 Å². The van der Waals surface area contributed by atoms with Crippen LogP contribution in [0.4, 0.5) is 0 Å². The fourth-order valence-corrected chi connectivity index (χ4v) is 2.69. The minimum absolute atomic E-state index is 0.0253. The van der Waals surface area contributed by atoms with Gasteiger partial charge in [0.05, 0.1) is 6.61 Å². The molecule has 3 nitrogen and oxygen atoms in total. The van der Waals surface area contributed by atoms with Gasteiger partial charge in [-0.15, -0.1) is 0 Å². The number of para-hydroxylation sites is 1. The van der Waals surface area contributed by atoms with Gasteiger partial charge < -0.3 is 10.5 Å². The standard InChI is InChI=1S/C15H15BrN2O/c16-10-5-6-11(18-8-10)7-14(17)13-9-19-15-4-2-1-3-12(13)15/h1-6,8,13-14H,7,9,17H2. The van der Waals surface area contributed by atoms with Gasteiger partial charge in [0.15, 0.2) is 0 Å². The summed E-state index contributed by atoms with van der Waals surface area (Å²) in [5, 5.41) is 0. The van der Waals surface area contributed by atoms with E-state index in [4.69, 9.17) is 10.5 Å². The normalized spacial score (nSPS) is 18.7. The van der Waals surface area contributed by atoms with E-state index in [2.05, 4.69) is 27.0 Å². The van der Waals surface area contributed by atoms with Crippen LogP contribution < -0.4 is 10.5 Å². The molecule has 0 fully saturated rings. The lowest BCUT2D eigenvalue weighted by atomic mass is 9.91. The van der Waals surface area contributed by atoms with Crippen LogP contribution >= 0.6 is 15.9 Å². The molecule has 0 saturated carbocycles. The number of fused-ring (bicyclic) bond motifs is 1. The molecule has 1 aliphatic heterocycles. The molecule has 2 aromatic rings. The van der Waals surface area contributed by atoms with Crippen LogP contribution in [-0.4, -0.2) is 17.6 Å². The number of hydrogen-bond donors (Lipinski definition) is 1. The minimum atomic E-state index is 0.0253. The quantitative estimate of drug-likeness (QED) is 0.946. The van der Waals surface area contributed by atoms with Crippen molar-refractivity contribution in [3.63, 3.8) is 0 Å². The SMILES string of the molecule is NC(Cc1ccc(Br)cn1)C1COc2ccccc21. The van der Waals surface area contributed by atoms with E-state index in [1.165, 1.54) is 5.56 Å². The molecule has 98 valence electrons. The molecular formula is C15H15BrN2O. The average molecular weight is 319 g/mol. The van der Waals surface area contributed by atoms with Crippen molar-refractivity contribution in [3.05, 3.63) is 58.3 Å². The zero-order valence-corrected chi connectivity index (χ0v) is 12.0. The molecule has 0 amide bonds.